The standard InChI is InChI=1S/C15H24N4O/c1-4-12(3)18-14-9-16-13(8-17-14)15(20)19-7-5-6-11(2)10-19/h8-9,11-12H,4-7,10H2,1-3H3,(H,17,18). The zero-order chi connectivity index (χ0) is 14.5. The molecule has 5 nitrogen and oxygen atoms in total. The molecule has 5 heteroatoms. The van der Waals surface area contributed by atoms with Crippen molar-refractivity contribution in [2.24, 2.45) is 5.92 Å². The molecule has 0 bridgehead atoms. The summed E-state index contributed by atoms with van der Waals surface area (Å²) in [6, 6.07) is 0.355. The van der Waals surface area contributed by atoms with E-state index < -0.39 is 0 Å². The summed E-state index contributed by atoms with van der Waals surface area (Å²) in [4.78, 5) is 22.8. The number of hydrogen-bond acceptors (Lipinski definition) is 4. The fourth-order valence-corrected chi connectivity index (χ4v) is 2.40. The van der Waals surface area contributed by atoms with Gasteiger partial charge in [0.05, 0.1) is 12.4 Å². The molecule has 1 aliphatic heterocycles. The molecule has 1 aromatic rings. The molecule has 2 rings (SSSR count). The number of rotatable bonds is 4. The molecule has 0 saturated carbocycles. The van der Waals surface area contributed by atoms with Crippen LogP contribution >= 0.6 is 0 Å². The zero-order valence-corrected chi connectivity index (χ0v) is 12.6. The van der Waals surface area contributed by atoms with Gasteiger partial charge in [-0.1, -0.05) is 13.8 Å². The number of likely N-dealkylation sites (tertiary alicyclic amines) is 1. The second kappa shape index (κ2) is 6.68. The summed E-state index contributed by atoms with van der Waals surface area (Å²) in [6.45, 7) is 8.05. The highest BCUT2D eigenvalue weighted by Gasteiger charge is 2.23. The van der Waals surface area contributed by atoms with E-state index in [-0.39, 0.29) is 5.91 Å². The molecular weight excluding hydrogens is 252 g/mol. The second-order valence-corrected chi connectivity index (χ2v) is 5.74. The Morgan fingerprint density at radius 3 is 2.90 bits per heavy atom. The predicted octanol–water partition coefficient (Wildman–Crippen LogP) is 2.56. The van der Waals surface area contributed by atoms with Crippen LogP contribution in [-0.4, -0.2) is 39.9 Å². The normalized spacial score (nSPS) is 20.6. The van der Waals surface area contributed by atoms with Crippen LogP contribution in [0.5, 0.6) is 0 Å². The van der Waals surface area contributed by atoms with Gasteiger partial charge in [-0.2, -0.15) is 0 Å². The van der Waals surface area contributed by atoms with Crippen molar-refractivity contribution in [1.82, 2.24) is 14.9 Å². The number of carbonyl (C=O) groups excluding carboxylic acids is 1. The maximum atomic E-state index is 12.3. The van der Waals surface area contributed by atoms with Gasteiger partial charge in [-0.15, -0.1) is 0 Å². The van der Waals surface area contributed by atoms with Gasteiger partial charge >= 0.3 is 0 Å². The monoisotopic (exact) mass is 276 g/mol. The van der Waals surface area contributed by atoms with E-state index in [9.17, 15) is 4.79 Å². The number of piperidine rings is 1. The number of aromatic nitrogens is 2. The SMILES string of the molecule is CCC(C)Nc1cnc(C(=O)N2CCCC(C)C2)cn1. The lowest BCUT2D eigenvalue weighted by Gasteiger charge is -2.30. The molecule has 1 amide bonds. The van der Waals surface area contributed by atoms with Gasteiger partial charge < -0.3 is 10.2 Å². The summed E-state index contributed by atoms with van der Waals surface area (Å²) >= 11 is 0. The predicted molar refractivity (Wildman–Crippen MR) is 79.7 cm³/mol. The quantitative estimate of drug-likeness (QED) is 0.918. The summed E-state index contributed by atoms with van der Waals surface area (Å²) in [5.41, 5.74) is 0.439. The van der Waals surface area contributed by atoms with E-state index in [4.69, 9.17) is 0 Å². The van der Waals surface area contributed by atoms with Gasteiger partial charge in [0.25, 0.3) is 5.91 Å². The van der Waals surface area contributed by atoms with E-state index in [1.54, 1.807) is 12.4 Å². The minimum atomic E-state index is -0.000796. The van der Waals surface area contributed by atoms with Crippen molar-refractivity contribution in [1.29, 1.82) is 0 Å². The zero-order valence-electron chi connectivity index (χ0n) is 12.6. The molecule has 1 aromatic heterocycles. The average Bonchev–Trinajstić information content (AvgIpc) is 2.47. The Kier molecular flexibility index (Phi) is 4.93. The van der Waals surface area contributed by atoms with E-state index in [1.807, 2.05) is 4.90 Å². The van der Waals surface area contributed by atoms with Crippen LogP contribution in [0.4, 0.5) is 5.82 Å². The highest BCUT2D eigenvalue weighted by Crippen LogP contribution is 2.17. The molecule has 1 aliphatic rings. The molecule has 0 radical (unpaired) electrons. The molecule has 0 aromatic carbocycles. The van der Waals surface area contributed by atoms with E-state index in [0.29, 0.717) is 17.7 Å². The van der Waals surface area contributed by atoms with E-state index >= 15 is 0 Å². The van der Waals surface area contributed by atoms with Crippen LogP contribution in [0.3, 0.4) is 0 Å². The fourth-order valence-electron chi connectivity index (χ4n) is 2.40. The van der Waals surface area contributed by atoms with E-state index in [1.165, 1.54) is 6.42 Å². The summed E-state index contributed by atoms with van der Waals surface area (Å²) in [5, 5.41) is 3.25. The summed E-state index contributed by atoms with van der Waals surface area (Å²) < 4.78 is 0. The molecule has 1 fully saturated rings. The van der Waals surface area contributed by atoms with Crippen LogP contribution in [0.1, 0.15) is 50.5 Å². The number of anilines is 1. The van der Waals surface area contributed by atoms with Crippen LogP contribution in [0.15, 0.2) is 12.4 Å². The summed E-state index contributed by atoms with van der Waals surface area (Å²) in [5.74, 6) is 1.30. The molecule has 0 spiro atoms. The van der Waals surface area contributed by atoms with Crippen LogP contribution in [-0.2, 0) is 0 Å². The maximum Gasteiger partial charge on any atom is 0.274 e. The largest absolute Gasteiger partial charge is 0.366 e. The molecule has 1 N–H and O–H groups in total. The van der Waals surface area contributed by atoms with Crippen LogP contribution in [0, 0.1) is 5.92 Å². The van der Waals surface area contributed by atoms with Gasteiger partial charge in [0.1, 0.15) is 11.5 Å². The molecule has 2 atom stereocenters. The Balaban J connectivity index is 2.00. The third-order valence-electron chi connectivity index (χ3n) is 3.82. The van der Waals surface area contributed by atoms with Crippen LogP contribution in [0.25, 0.3) is 0 Å². The van der Waals surface area contributed by atoms with E-state index in [2.05, 4.69) is 36.1 Å². The molecule has 20 heavy (non-hydrogen) atoms. The Morgan fingerprint density at radius 1 is 1.50 bits per heavy atom. The molecule has 2 unspecified atom stereocenters. The first-order valence-corrected chi connectivity index (χ1v) is 7.48. The maximum absolute atomic E-state index is 12.3. The highest BCUT2D eigenvalue weighted by molar-refractivity contribution is 5.92. The van der Waals surface area contributed by atoms with Crippen molar-refractivity contribution in [3.63, 3.8) is 0 Å². The fraction of sp³-hybridized carbons (Fsp3) is 0.667. The molecule has 1 saturated heterocycles. The van der Waals surface area contributed by atoms with E-state index in [0.717, 1.165) is 31.7 Å². The lowest BCUT2D eigenvalue weighted by atomic mass is 10.0. The van der Waals surface area contributed by atoms with Crippen molar-refractivity contribution in [2.45, 2.75) is 46.1 Å². The Bertz CT molecular complexity index is 446. The highest BCUT2D eigenvalue weighted by atomic mass is 16.2. The third-order valence-corrected chi connectivity index (χ3v) is 3.82. The first kappa shape index (κ1) is 14.8. The second-order valence-electron chi connectivity index (χ2n) is 5.74. The van der Waals surface area contributed by atoms with Gasteiger partial charge in [-0.05, 0) is 32.1 Å². The van der Waals surface area contributed by atoms with Crippen molar-refractivity contribution >= 4 is 11.7 Å². The number of hydrogen-bond donors (Lipinski definition) is 1. The van der Waals surface area contributed by atoms with Crippen molar-refractivity contribution < 1.29 is 4.79 Å². The van der Waals surface area contributed by atoms with Crippen molar-refractivity contribution in [2.75, 3.05) is 18.4 Å². The van der Waals surface area contributed by atoms with Gasteiger partial charge in [0, 0.05) is 19.1 Å². The molecular formula is C15H24N4O. The van der Waals surface area contributed by atoms with Gasteiger partial charge in [-0.25, -0.2) is 9.97 Å². The van der Waals surface area contributed by atoms with Crippen LogP contribution in [0.2, 0.25) is 0 Å². The smallest absolute Gasteiger partial charge is 0.274 e. The Hall–Kier alpha value is -1.65. The number of amides is 1. The van der Waals surface area contributed by atoms with Gasteiger partial charge in [0.15, 0.2) is 0 Å². The minimum absolute atomic E-state index is 0.000796. The lowest BCUT2D eigenvalue weighted by molar-refractivity contribution is 0.0676. The molecule has 2 heterocycles. The lowest BCUT2D eigenvalue weighted by Crippen LogP contribution is -2.39. The summed E-state index contributed by atoms with van der Waals surface area (Å²) in [6.07, 6.45) is 6.52. The molecule has 110 valence electrons. The van der Waals surface area contributed by atoms with Gasteiger partial charge in [0.2, 0.25) is 0 Å². The third kappa shape index (κ3) is 3.68. The minimum Gasteiger partial charge on any atom is -0.366 e. The number of nitrogens with one attached hydrogen (secondary N) is 1. The van der Waals surface area contributed by atoms with Crippen molar-refractivity contribution in [3.05, 3.63) is 18.1 Å². The molecule has 0 aliphatic carbocycles. The Labute approximate surface area is 120 Å². The summed E-state index contributed by atoms with van der Waals surface area (Å²) in [7, 11) is 0. The van der Waals surface area contributed by atoms with Crippen molar-refractivity contribution in [3.8, 4) is 0 Å². The van der Waals surface area contributed by atoms with Gasteiger partial charge in [-0.3, -0.25) is 4.79 Å². The average molecular weight is 276 g/mol. The number of nitrogens with zero attached hydrogens (tertiary/aromatic N) is 3. The topological polar surface area (TPSA) is 58.1 Å². The Morgan fingerprint density at radius 2 is 2.30 bits per heavy atom. The first-order chi connectivity index (χ1) is 9.60. The first-order valence-electron chi connectivity index (χ1n) is 7.48. The van der Waals surface area contributed by atoms with Crippen LogP contribution < -0.4 is 5.32 Å². The number of carbonyl (C=O) groups is 1.